The largest absolute Gasteiger partial charge is 0.302 e. The van der Waals surface area contributed by atoms with Crippen LogP contribution >= 0.6 is 0 Å². The fourth-order valence-electron chi connectivity index (χ4n) is 1.29. The minimum atomic E-state index is 0.996. The van der Waals surface area contributed by atoms with Gasteiger partial charge in [0.2, 0.25) is 0 Å². The summed E-state index contributed by atoms with van der Waals surface area (Å²) in [5.74, 6) is 0. The Bertz CT molecular complexity index is 229. The Hall–Kier alpha value is -0.830. The number of rotatable bonds is 4. The molecular formula is C9H17N3. The average Bonchev–Trinajstić information content (AvgIpc) is 2.37. The Morgan fingerprint density at radius 2 is 2.33 bits per heavy atom. The van der Waals surface area contributed by atoms with E-state index in [1.54, 1.807) is 0 Å². The molecule has 3 nitrogen and oxygen atoms in total. The molecule has 3 heteroatoms. The van der Waals surface area contributed by atoms with Gasteiger partial charge in [-0.3, -0.25) is 5.10 Å². The van der Waals surface area contributed by atoms with Crippen molar-refractivity contribution in [3.8, 4) is 0 Å². The molecule has 0 aliphatic heterocycles. The van der Waals surface area contributed by atoms with E-state index in [1.165, 1.54) is 17.7 Å². The minimum Gasteiger partial charge on any atom is -0.302 e. The van der Waals surface area contributed by atoms with Gasteiger partial charge in [-0.05, 0) is 26.9 Å². The molecule has 12 heavy (non-hydrogen) atoms. The summed E-state index contributed by atoms with van der Waals surface area (Å²) in [7, 11) is 2.13. The van der Waals surface area contributed by atoms with Crippen molar-refractivity contribution in [2.24, 2.45) is 0 Å². The van der Waals surface area contributed by atoms with E-state index < -0.39 is 0 Å². The summed E-state index contributed by atoms with van der Waals surface area (Å²) < 4.78 is 0. The molecule has 1 aromatic rings. The fourth-order valence-corrected chi connectivity index (χ4v) is 1.29. The minimum absolute atomic E-state index is 0.996. The average molecular weight is 167 g/mol. The van der Waals surface area contributed by atoms with Crippen LogP contribution in [0.15, 0.2) is 6.20 Å². The second-order valence-corrected chi connectivity index (χ2v) is 3.26. The number of aromatic amines is 1. The molecule has 0 unspecified atom stereocenters. The highest BCUT2D eigenvalue weighted by atomic mass is 15.1. The first-order valence-corrected chi connectivity index (χ1v) is 4.41. The second-order valence-electron chi connectivity index (χ2n) is 3.26. The third-order valence-corrected chi connectivity index (χ3v) is 1.98. The highest BCUT2D eigenvalue weighted by Crippen LogP contribution is 2.05. The van der Waals surface area contributed by atoms with Gasteiger partial charge in [0.25, 0.3) is 0 Å². The van der Waals surface area contributed by atoms with Gasteiger partial charge in [0.1, 0.15) is 0 Å². The molecule has 0 amide bonds. The highest BCUT2D eigenvalue weighted by Gasteiger charge is 2.02. The molecule has 1 rings (SSSR count). The van der Waals surface area contributed by atoms with Gasteiger partial charge in [0.05, 0.1) is 6.20 Å². The van der Waals surface area contributed by atoms with E-state index >= 15 is 0 Å². The van der Waals surface area contributed by atoms with Gasteiger partial charge >= 0.3 is 0 Å². The molecule has 0 aliphatic carbocycles. The molecule has 1 aromatic heterocycles. The van der Waals surface area contributed by atoms with Crippen molar-refractivity contribution < 1.29 is 0 Å². The lowest BCUT2D eigenvalue weighted by Gasteiger charge is -2.14. The maximum Gasteiger partial charge on any atom is 0.0535 e. The number of H-pyrrole nitrogens is 1. The van der Waals surface area contributed by atoms with Crippen LogP contribution in [0.3, 0.4) is 0 Å². The van der Waals surface area contributed by atoms with E-state index in [1.807, 2.05) is 6.20 Å². The second kappa shape index (κ2) is 4.26. The van der Waals surface area contributed by atoms with Crippen LogP contribution < -0.4 is 0 Å². The van der Waals surface area contributed by atoms with E-state index in [2.05, 4.69) is 36.0 Å². The molecule has 0 aromatic carbocycles. The van der Waals surface area contributed by atoms with E-state index in [0.29, 0.717) is 0 Å². The van der Waals surface area contributed by atoms with Gasteiger partial charge in [0.15, 0.2) is 0 Å². The zero-order valence-corrected chi connectivity index (χ0v) is 8.09. The smallest absolute Gasteiger partial charge is 0.0535 e. The molecule has 0 radical (unpaired) electrons. The Morgan fingerprint density at radius 1 is 1.58 bits per heavy atom. The Labute approximate surface area is 73.8 Å². The van der Waals surface area contributed by atoms with Gasteiger partial charge in [0, 0.05) is 17.8 Å². The van der Waals surface area contributed by atoms with Crippen molar-refractivity contribution in [3.63, 3.8) is 0 Å². The normalized spacial score (nSPS) is 11.0. The molecule has 0 saturated carbocycles. The number of hydrogen-bond donors (Lipinski definition) is 1. The third-order valence-electron chi connectivity index (χ3n) is 1.98. The summed E-state index contributed by atoms with van der Waals surface area (Å²) in [6.07, 6.45) is 3.11. The van der Waals surface area contributed by atoms with Crippen LogP contribution in [0.2, 0.25) is 0 Å². The van der Waals surface area contributed by atoms with Crippen molar-refractivity contribution in [1.82, 2.24) is 15.1 Å². The SMILES string of the molecule is CCCN(C)Cc1cn[nH]c1C. The highest BCUT2D eigenvalue weighted by molar-refractivity contribution is 5.13. The van der Waals surface area contributed by atoms with E-state index in [-0.39, 0.29) is 0 Å². The number of nitrogens with one attached hydrogen (secondary N) is 1. The van der Waals surface area contributed by atoms with Crippen molar-refractivity contribution in [1.29, 1.82) is 0 Å². The molecule has 1 heterocycles. The summed E-state index contributed by atoms with van der Waals surface area (Å²) in [5, 5.41) is 6.92. The van der Waals surface area contributed by atoms with E-state index in [0.717, 1.165) is 13.1 Å². The molecule has 0 atom stereocenters. The number of nitrogens with zero attached hydrogens (tertiary/aromatic N) is 2. The van der Waals surface area contributed by atoms with E-state index in [9.17, 15) is 0 Å². The Balaban J connectivity index is 2.46. The summed E-state index contributed by atoms with van der Waals surface area (Å²) in [5.41, 5.74) is 2.48. The van der Waals surface area contributed by atoms with Crippen LogP contribution in [0.4, 0.5) is 0 Å². The first-order valence-electron chi connectivity index (χ1n) is 4.41. The summed E-state index contributed by atoms with van der Waals surface area (Å²) in [6.45, 7) is 6.39. The maximum atomic E-state index is 3.98. The van der Waals surface area contributed by atoms with Crippen molar-refractivity contribution in [3.05, 3.63) is 17.5 Å². The number of aromatic nitrogens is 2. The summed E-state index contributed by atoms with van der Waals surface area (Å²) >= 11 is 0. The van der Waals surface area contributed by atoms with Gasteiger partial charge < -0.3 is 4.90 Å². The molecule has 1 N–H and O–H groups in total. The van der Waals surface area contributed by atoms with Crippen LogP contribution in [0, 0.1) is 6.92 Å². The quantitative estimate of drug-likeness (QED) is 0.738. The predicted octanol–water partition coefficient (Wildman–Crippen LogP) is 1.56. The molecule has 0 bridgehead atoms. The summed E-state index contributed by atoms with van der Waals surface area (Å²) in [4.78, 5) is 2.30. The lowest BCUT2D eigenvalue weighted by Crippen LogP contribution is -2.18. The lowest BCUT2D eigenvalue weighted by atomic mass is 10.2. The molecule has 0 aliphatic rings. The molecular weight excluding hydrogens is 150 g/mol. The van der Waals surface area contributed by atoms with Crippen LogP contribution in [0.1, 0.15) is 24.6 Å². The Kier molecular flexibility index (Phi) is 3.29. The summed E-state index contributed by atoms with van der Waals surface area (Å²) in [6, 6.07) is 0. The van der Waals surface area contributed by atoms with Gasteiger partial charge in [-0.2, -0.15) is 5.10 Å². The standard InChI is InChI=1S/C9H17N3/c1-4-5-12(3)7-9-6-10-11-8(9)2/h6H,4-5,7H2,1-3H3,(H,10,11). The van der Waals surface area contributed by atoms with Gasteiger partial charge in [-0.25, -0.2) is 0 Å². The first-order chi connectivity index (χ1) is 5.74. The van der Waals surface area contributed by atoms with Crippen LogP contribution in [-0.2, 0) is 6.54 Å². The number of aryl methyl sites for hydroxylation is 1. The topological polar surface area (TPSA) is 31.9 Å². The van der Waals surface area contributed by atoms with Crippen molar-refractivity contribution in [2.75, 3.05) is 13.6 Å². The van der Waals surface area contributed by atoms with E-state index in [4.69, 9.17) is 0 Å². The lowest BCUT2D eigenvalue weighted by molar-refractivity contribution is 0.327. The zero-order chi connectivity index (χ0) is 8.97. The maximum absolute atomic E-state index is 3.98. The fraction of sp³-hybridized carbons (Fsp3) is 0.667. The monoisotopic (exact) mass is 167 g/mol. The van der Waals surface area contributed by atoms with Gasteiger partial charge in [-0.1, -0.05) is 6.92 Å². The molecule has 68 valence electrons. The number of hydrogen-bond acceptors (Lipinski definition) is 2. The van der Waals surface area contributed by atoms with Crippen LogP contribution in [-0.4, -0.2) is 28.7 Å². The predicted molar refractivity (Wildman–Crippen MR) is 49.9 cm³/mol. The first kappa shape index (κ1) is 9.26. The van der Waals surface area contributed by atoms with Crippen LogP contribution in [0.25, 0.3) is 0 Å². The zero-order valence-electron chi connectivity index (χ0n) is 8.09. The Morgan fingerprint density at radius 3 is 2.83 bits per heavy atom. The van der Waals surface area contributed by atoms with Crippen molar-refractivity contribution in [2.45, 2.75) is 26.8 Å². The van der Waals surface area contributed by atoms with Crippen LogP contribution in [0.5, 0.6) is 0 Å². The molecule has 0 fully saturated rings. The molecule has 0 saturated heterocycles. The molecule has 0 spiro atoms. The third kappa shape index (κ3) is 2.34. The van der Waals surface area contributed by atoms with Crippen molar-refractivity contribution >= 4 is 0 Å². The van der Waals surface area contributed by atoms with Gasteiger partial charge in [-0.15, -0.1) is 0 Å².